The molecular formula is C15H10ClNO4S. The molecule has 0 spiro atoms. The molecule has 3 rings (SSSR count). The molecule has 0 aliphatic carbocycles. The molecule has 0 saturated carbocycles. The number of hydrogen-bond donors (Lipinski definition) is 2. The van der Waals surface area contributed by atoms with E-state index in [2.05, 4.69) is 0 Å². The molecule has 0 unspecified atom stereocenters. The van der Waals surface area contributed by atoms with E-state index in [0.717, 1.165) is 11.1 Å². The number of halogens is 1. The molecule has 5 nitrogen and oxygen atoms in total. The van der Waals surface area contributed by atoms with Crippen LogP contribution in [0.5, 0.6) is 0 Å². The highest BCUT2D eigenvalue weighted by Gasteiger charge is 2.36. The van der Waals surface area contributed by atoms with Crippen molar-refractivity contribution < 1.29 is 18.3 Å². The Morgan fingerprint density at radius 3 is 1.77 bits per heavy atom. The highest BCUT2D eigenvalue weighted by Crippen LogP contribution is 2.30. The molecule has 7 heteroatoms. The molecule has 1 aliphatic rings. The van der Waals surface area contributed by atoms with Crippen LogP contribution in [0.25, 0.3) is 16.0 Å². The Balaban J connectivity index is 2.02. The monoisotopic (exact) mass is 335 g/mol. The van der Waals surface area contributed by atoms with Gasteiger partial charge in [0.15, 0.2) is 0 Å². The molecule has 2 aromatic carbocycles. The first-order valence-corrected chi connectivity index (χ1v) is 8.11. The number of nitrogens with one attached hydrogen (secondary N) is 1. The van der Waals surface area contributed by atoms with Crippen molar-refractivity contribution in [3.63, 3.8) is 0 Å². The number of carbonyl (C=O) groups excluding carboxylic acids is 1. The van der Waals surface area contributed by atoms with Gasteiger partial charge in [0.25, 0.3) is 10.0 Å². The smallest absolute Gasteiger partial charge is 0.301 e. The van der Waals surface area contributed by atoms with E-state index in [-0.39, 0.29) is 5.56 Å². The number of aliphatic hydroxyl groups is 1. The van der Waals surface area contributed by atoms with Gasteiger partial charge in [0.2, 0.25) is 5.76 Å². The Labute approximate surface area is 131 Å². The van der Waals surface area contributed by atoms with Crippen molar-refractivity contribution in [2.45, 2.75) is 0 Å². The van der Waals surface area contributed by atoms with E-state index in [0.29, 0.717) is 5.02 Å². The predicted molar refractivity (Wildman–Crippen MR) is 83.5 cm³/mol. The van der Waals surface area contributed by atoms with Crippen LogP contribution in [-0.4, -0.2) is 19.4 Å². The van der Waals surface area contributed by atoms with E-state index >= 15 is 0 Å². The topological polar surface area (TPSA) is 83.5 Å². The fourth-order valence-electron chi connectivity index (χ4n) is 2.20. The van der Waals surface area contributed by atoms with Crippen LogP contribution in [0.3, 0.4) is 0 Å². The molecule has 22 heavy (non-hydrogen) atoms. The highest BCUT2D eigenvalue weighted by atomic mass is 35.5. The zero-order valence-corrected chi connectivity index (χ0v) is 12.6. The number of benzene rings is 2. The van der Waals surface area contributed by atoms with Gasteiger partial charge in [0.05, 0.1) is 0 Å². The van der Waals surface area contributed by atoms with Crippen molar-refractivity contribution in [2.75, 3.05) is 0 Å². The van der Waals surface area contributed by atoms with E-state index in [9.17, 15) is 18.3 Å². The molecule has 1 heterocycles. The molecule has 0 saturated heterocycles. The average Bonchev–Trinajstić information content (AvgIpc) is 2.68. The Morgan fingerprint density at radius 1 is 0.864 bits per heavy atom. The fraction of sp³-hybridized carbons (Fsp3) is 0. The summed E-state index contributed by atoms with van der Waals surface area (Å²) in [7, 11) is -4.01. The summed E-state index contributed by atoms with van der Waals surface area (Å²) in [6.07, 6.45) is 0. The van der Waals surface area contributed by atoms with E-state index in [1.54, 1.807) is 29.0 Å². The van der Waals surface area contributed by atoms with E-state index < -0.39 is 26.6 Å². The minimum absolute atomic E-state index is 0.244. The summed E-state index contributed by atoms with van der Waals surface area (Å²) >= 11 is 5.83. The van der Waals surface area contributed by atoms with E-state index in [4.69, 9.17) is 11.6 Å². The van der Waals surface area contributed by atoms with Crippen LogP contribution in [-0.2, 0) is 14.8 Å². The summed E-state index contributed by atoms with van der Waals surface area (Å²) < 4.78 is 25.4. The molecule has 2 aromatic rings. The van der Waals surface area contributed by atoms with Gasteiger partial charge in [0, 0.05) is 5.02 Å². The second kappa shape index (κ2) is 5.15. The summed E-state index contributed by atoms with van der Waals surface area (Å²) in [5.74, 6) is -1.81. The van der Waals surface area contributed by atoms with Gasteiger partial charge < -0.3 is 5.11 Å². The van der Waals surface area contributed by atoms with Gasteiger partial charge in [-0.15, -0.1) is 0 Å². The Hall–Kier alpha value is -2.31. The Bertz CT molecular complexity index is 884. The van der Waals surface area contributed by atoms with Gasteiger partial charge >= 0.3 is 5.91 Å². The molecule has 0 atom stereocenters. The van der Waals surface area contributed by atoms with Crippen LogP contribution in [0, 0.1) is 0 Å². The van der Waals surface area contributed by atoms with Gasteiger partial charge in [-0.1, -0.05) is 48.0 Å². The maximum Gasteiger partial charge on any atom is 0.301 e. The molecule has 2 N–H and O–H groups in total. The van der Waals surface area contributed by atoms with Crippen molar-refractivity contribution in [1.29, 1.82) is 0 Å². The first-order chi connectivity index (χ1) is 10.4. The zero-order valence-electron chi connectivity index (χ0n) is 11.1. The number of carbonyl (C=O) groups is 1. The average molecular weight is 336 g/mol. The number of rotatable bonds is 2. The number of sulfonamides is 1. The van der Waals surface area contributed by atoms with E-state index in [1.165, 1.54) is 12.1 Å². The lowest BCUT2D eigenvalue weighted by atomic mass is 10.0. The lowest BCUT2D eigenvalue weighted by Gasteiger charge is -2.05. The van der Waals surface area contributed by atoms with Crippen LogP contribution in [0.4, 0.5) is 0 Å². The highest BCUT2D eigenvalue weighted by molar-refractivity contribution is 8.00. The zero-order chi connectivity index (χ0) is 15.9. The summed E-state index contributed by atoms with van der Waals surface area (Å²) in [6.45, 7) is 0. The first kappa shape index (κ1) is 14.6. The molecule has 0 bridgehead atoms. The normalized spacial score (nSPS) is 16.7. The third-order valence-corrected chi connectivity index (χ3v) is 4.92. The molecular weight excluding hydrogens is 326 g/mol. The third kappa shape index (κ3) is 2.47. The Morgan fingerprint density at radius 2 is 1.32 bits per heavy atom. The van der Waals surface area contributed by atoms with Crippen LogP contribution < -0.4 is 4.72 Å². The van der Waals surface area contributed by atoms with Crippen molar-refractivity contribution in [2.24, 2.45) is 0 Å². The van der Waals surface area contributed by atoms with Crippen molar-refractivity contribution in [3.8, 4) is 11.1 Å². The molecule has 112 valence electrons. The second-order valence-corrected chi connectivity index (χ2v) is 6.75. The van der Waals surface area contributed by atoms with Crippen LogP contribution in [0.1, 0.15) is 5.56 Å². The minimum Gasteiger partial charge on any atom is -0.502 e. The summed E-state index contributed by atoms with van der Waals surface area (Å²) in [6, 6.07) is 13.7. The van der Waals surface area contributed by atoms with Crippen molar-refractivity contribution >= 4 is 32.4 Å². The summed E-state index contributed by atoms with van der Waals surface area (Å²) in [4.78, 5) is 10.9. The second-order valence-electron chi connectivity index (χ2n) is 4.70. The maximum absolute atomic E-state index is 11.8. The third-order valence-electron chi connectivity index (χ3n) is 3.25. The minimum atomic E-state index is -4.01. The summed E-state index contributed by atoms with van der Waals surface area (Å²) in [5.41, 5.74) is 2.02. The quantitative estimate of drug-likeness (QED) is 0.883. The molecule has 0 aromatic heterocycles. The lowest BCUT2D eigenvalue weighted by Crippen LogP contribution is -2.23. The standard InChI is InChI=1S/C15H10ClNO4S/c16-12-7-5-10(6-8-12)9-1-3-11(4-2-9)14-13(18)15(19)17-22(14,20)21/h1-8,18H,(H,17,19). The molecule has 0 fully saturated rings. The van der Waals surface area contributed by atoms with Crippen LogP contribution >= 0.6 is 11.6 Å². The molecule has 1 aliphatic heterocycles. The first-order valence-electron chi connectivity index (χ1n) is 6.25. The van der Waals surface area contributed by atoms with Gasteiger partial charge in [-0.25, -0.2) is 13.1 Å². The predicted octanol–water partition coefficient (Wildman–Crippen LogP) is 2.69. The Kier molecular flexibility index (Phi) is 3.42. The van der Waals surface area contributed by atoms with Crippen LogP contribution in [0.2, 0.25) is 5.02 Å². The fourth-order valence-corrected chi connectivity index (χ4v) is 3.56. The van der Waals surface area contributed by atoms with Gasteiger partial charge in [0.1, 0.15) is 4.91 Å². The largest absolute Gasteiger partial charge is 0.502 e. The lowest BCUT2D eigenvalue weighted by molar-refractivity contribution is -0.117. The maximum atomic E-state index is 11.8. The summed E-state index contributed by atoms with van der Waals surface area (Å²) in [5, 5.41) is 10.3. The SMILES string of the molecule is O=C1NS(=O)(=O)C(c2ccc(-c3ccc(Cl)cc3)cc2)=C1O. The van der Waals surface area contributed by atoms with Gasteiger partial charge in [-0.3, -0.25) is 4.79 Å². The number of amides is 1. The number of aliphatic hydroxyl groups excluding tert-OH is 1. The number of hydrogen-bond acceptors (Lipinski definition) is 4. The van der Waals surface area contributed by atoms with E-state index in [1.807, 2.05) is 12.1 Å². The van der Waals surface area contributed by atoms with Crippen molar-refractivity contribution in [3.05, 3.63) is 64.9 Å². The molecule has 1 amide bonds. The molecule has 0 radical (unpaired) electrons. The van der Waals surface area contributed by atoms with Crippen molar-refractivity contribution in [1.82, 2.24) is 4.72 Å². The van der Waals surface area contributed by atoms with Gasteiger partial charge in [-0.05, 0) is 28.8 Å². The van der Waals surface area contributed by atoms with Gasteiger partial charge in [-0.2, -0.15) is 0 Å². The van der Waals surface area contributed by atoms with Crippen LogP contribution in [0.15, 0.2) is 54.3 Å².